The van der Waals surface area contributed by atoms with E-state index in [1.54, 1.807) is 0 Å². The molecule has 460 valence electrons. The first-order valence-corrected chi connectivity index (χ1v) is 34.2. The molecule has 0 fully saturated rings. The number of carbonyl (C=O) groups excluding carboxylic acids is 3. The highest BCUT2D eigenvalue weighted by Crippen LogP contribution is 2.17. The van der Waals surface area contributed by atoms with E-state index >= 15 is 0 Å². The smallest absolute Gasteiger partial charge is 0.306 e. The van der Waals surface area contributed by atoms with Crippen molar-refractivity contribution in [2.24, 2.45) is 0 Å². The number of ether oxygens (including phenoxy) is 3. The monoisotopic (exact) mass is 1110 g/mol. The highest BCUT2D eigenvalue weighted by Gasteiger charge is 2.19. The van der Waals surface area contributed by atoms with Crippen molar-refractivity contribution in [3.63, 3.8) is 0 Å². The molecule has 1 unspecified atom stereocenters. The molecule has 0 aromatic heterocycles. The summed E-state index contributed by atoms with van der Waals surface area (Å²) in [6, 6.07) is 0. The van der Waals surface area contributed by atoms with E-state index in [-0.39, 0.29) is 31.1 Å². The van der Waals surface area contributed by atoms with Crippen LogP contribution < -0.4 is 0 Å². The first kappa shape index (κ1) is 76.3. The maximum absolute atomic E-state index is 12.9. The summed E-state index contributed by atoms with van der Waals surface area (Å²) in [5.41, 5.74) is 0. The molecule has 0 aliphatic heterocycles. The summed E-state index contributed by atoms with van der Waals surface area (Å²) in [5.74, 6) is -0.894. The lowest BCUT2D eigenvalue weighted by molar-refractivity contribution is -0.167. The van der Waals surface area contributed by atoms with Gasteiger partial charge in [-0.3, -0.25) is 14.4 Å². The third-order valence-corrected chi connectivity index (χ3v) is 14.8. The molecule has 6 nitrogen and oxygen atoms in total. The van der Waals surface area contributed by atoms with E-state index < -0.39 is 6.10 Å². The van der Waals surface area contributed by atoms with E-state index in [0.29, 0.717) is 19.3 Å². The third kappa shape index (κ3) is 65.1. The minimum absolute atomic E-state index is 0.0840. The molecular weight excluding hydrogens is 985 g/mol. The van der Waals surface area contributed by atoms with E-state index in [2.05, 4.69) is 118 Å². The Morgan fingerprint density at radius 1 is 0.263 bits per heavy atom. The molecule has 0 heterocycles. The third-order valence-electron chi connectivity index (χ3n) is 14.8. The average Bonchev–Trinajstić information content (AvgIpc) is 3.46. The molecule has 0 amide bonds. The zero-order valence-electron chi connectivity index (χ0n) is 52.8. The molecule has 0 aliphatic carbocycles. The predicted octanol–water partition coefficient (Wildman–Crippen LogP) is 23.6. The van der Waals surface area contributed by atoms with Crippen LogP contribution in [0.2, 0.25) is 0 Å². The summed E-state index contributed by atoms with van der Waals surface area (Å²) in [6.07, 6.45) is 91.4. The van der Waals surface area contributed by atoms with Gasteiger partial charge in [-0.15, -0.1) is 0 Å². The predicted molar refractivity (Wildman–Crippen MR) is 348 cm³/mol. The molecule has 0 bridgehead atoms. The summed E-state index contributed by atoms with van der Waals surface area (Å²) in [6.45, 7) is 6.49. The Morgan fingerprint density at radius 2 is 0.500 bits per heavy atom. The van der Waals surface area contributed by atoms with Crippen LogP contribution >= 0.6 is 0 Å². The Labute approximate surface area is 496 Å². The first-order valence-electron chi connectivity index (χ1n) is 34.2. The molecule has 0 aromatic rings. The Balaban J connectivity index is 4.30. The van der Waals surface area contributed by atoms with Crippen LogP contribution in [-0.4, -0.2) is 37.2 Å². The quantitative estimate of drug-likeness (QED) is 0.0261. The number of unbranched alkanes of at least 4 members (excludes halogenated alkanes) is 35. The van der Waals surface area contributed by atoms with Crippen LogP contribution in [0, 0.1) is 0 Å². The molecule has 0 spiro atoms. The van der Waals surface area contributed by atoms with Gasteiger partial charge in [0.25, 0.3) is 0 Å². The fourth-order valence-corrected chi connectivity index (χ4v) is 9.66. The Hall–Kier alpha value is -3.67. The Morgan fingerprint density at radius 3 is 0.800 bits per heavy atom. The van der Waals surface area contributed by atoms with E-state index in [9.17, 15) is 14.4 Å². The van der Waals surface area contributed by atoms with Gasteiger partial charge in [0.05, 0.1) is 0 Å². The van der Waals surface area contributed by atoms with Crippen LogP contribution in [0.4, 0.5) is 0 Å². The van der Waals surface area contributed by atoms with Crippen molar-refractivity contribution in [1.82, 2.24) is 0 Å². The topological polar surface area (TPSA) is 78.9 Å². The normalized spacial score (nSPS) is 12.7. The van der Waals surface area contributed by atoms with Crippen molar-refractivity contribution in [1.29, 1.82) is 0 Å². The SMILES string of the molecule is CC/C=C\C/C=C\C/C=C\C/C=C\CCCCCCCCCCC(=O)OC(COC(=O)CCCCCCC/C=C\C/C=C\CCCC)COC(=O)CCCCCCCCCCCCCCCCC/C=C\C/C=C\CCCCCCC. The number of rotatable bonds is 62. The standard InChI is InChI=1S/C74H128O6/c1-4-7-10-13-16-19-22-25-28-30-32-34-35-36-37-38-39-41-42-44-46-49-52-55-58-61-64-67-73(76)79-70-71(69-78-72(75)66-63-60-57-54-51-48-27-24-21-18-15-12-9-6-3)80-74(77)68-65-62-59-56-53-50-47-45-43-40-33-31-29-26-23-20-17-14-11-8-5-2/h8,11,15,17-18,20,22,24-27,29-30,32-33,40,71H,4-7,9-10,12-14,16,19,21,23,28,31,34-39,41-70H2,1-3H3/b11-8-,18-15-,20-17-,25-22-,27-24-,29-26-,32-30-,40-33-. The molecule has 1 atom stereocenters. The molecule has 0 saturated heterocycles. The van der Waals surface area contributed by atoms with Gasteiger partial charge >= 0.3 is 17.9 Å². The summed E-state index contributed by atoms with van der Waals surface area (Å²) in [7, 11) is 0. The fourth-order valence-electron chi connectivity index (χ4n) is 9.66. The van der Waals surface area contributed by atoms with Crippen LogP contribution in [0.1, 0.15) is 335 Å². The average molecular weight is 1110 g/mol. The van der Waals surface area contributed by atoms with Crippen molar-refractivity contribution < 1.29 is 28.6 Å². The van der Waals surface area contributed by atoms with Crippen molar-refractivity contribution in [2.45, 2.75) is 341 Å². The van der Waals surface area contributed by atoms with Crippen molar-refractivity contribution >= 4 is 17.9 Å². The van der Waals surface area contributed by atoms with Crippen molar-refractivity contribution in [3.8, 4) is 0 Å². The van der Waals surface area contributed by atoms with Gasteiger partial charge in [-0.1, -0.05) is 298 Å². The number of esters is 3. The molecule has 6 heteroatoms. The molecule has 0 aromatic carbocycles. The lowest BCUT2D eigenvalue weighted by atomic mass is 10.0. The van der Waals surface area contributed by atoms with Crippen LogP contribution in [0.25, 0.3) is 0 Å². The minimum atomic E-state index is -0.790. The Bertz CT molecular complexity index is 1560. The van der Waals surface area contributed by atoms with Crippen LogP contribution in [0.5, 0.6) is 0 Å². The van der Waals surface area contributed by atoms with E-state index in [4.69, 9.17) is 14.2 Å². The minimum Gasteiger partial charge on any atom is -0.462 e. The maximum atomic E-state index is 12.9. The molecule has 0 saturated carbocycles. The number of allylic oxidation sites excluding steroid dienone is 16. The van der Waals surface area contributed by atoms with Crippen molar-refractivity contribution in [2.75, 3.05) is 13.2 Å². The summed E-state index contributed by atoms with van der Waals surface area (Å²) in [4.78, 5) is 38.4. The van der Waals surface area contributed by atoms with Gasteiger partial charge in [0, 0.05) is 19.3 Å². The molecule has 0 aliphatic rings. The highest BCUT2D eigenvalue weighted by molar-refractivity contribution is 5.71. The van der Waals surface area contributed by atoms with Crippen LogP contribution in [0.3, 0.4) is 0 Å². The summed E-state index contributed by atoms with van der Waals surface area (Å²) < 4.78 is 17.0. The lowest BCUT2D eigenvalue weighted by Gasteiger charge is -2.18. The number of hydrogen-bond acceptors (Lipinski definition) is 6. The molecular formula is C74H128O6. The van der Waals surface area contributed by atoms with Crippen molar-refractivity contribution in [3.05, 3.63) is 97.2 Å². The largest absolute Gasteiger partial charge is 0.462 e. The van der Waals surface area contributed by atoms with Gasteiger partial charge in [-0.2, -0.15) is 0 Å². The fraction of sp³-hybridized carbons (Fsp3) is 0.743. The van der Waals surface area contributed by atoms with Gasteiger partial charge < -0.3 is 14.2 Å². The summed E-state index contributed by atoms with van der Waals surface area (Å²) in [5, 5.41) is 0. The van der Waals surface area contributed by atoms with Crippen LogP contribution in [-0.2, 0) is 28.6 Å². The molecule has 0 N–H and O–H groups in total. The van der Waals surface area contributed by atoms with Gasteiger partial charge in [-0.25, -0.2) is 0 Å². The molecule has 80 heavy (non-hydrogen) atoms. The van der Waals surface area contributed by atoms with Gasteiger partial charge in [0.15, 0.2) is 6.10 Å². The van der Waals surface area contributed by atoms with E-state index in [1.807, 2.05) is 0 Å². The zero-order chi connectivity index (χ0) is 57.8. The number of carbonyl (C=O) groups is 3. The summed E-state index contributed by atoms with van der Waals surface area (Å²) >= 11 is 0. The second-order valence-electron chi connectivity index (χ2n) is 22.7. The molecule has 0 radical (unpaired) electrons. The van der Waals surface area contributed by atoms with E-state index in [1.165, 1.54) is 180 Å². The van der Waals surface area contributed by atoms with Gasteiger partial charge in [-0.05, 0) is 116 Å². The van der Waals surface area contributed by atoms with Crippen LogP contribution in [0.15, 0.2) is 97.2 Å². The lowest BCUT2D eigenvalue weighted by Crippen LogP contribution is -2.30. The first-order chi connectivity index (χ1) is 39.5. The second kappa shape index (κ2) is 67.8. The molecule has 0 rings (SSSR count). The van der Waals surface area contributed by atoms with Gasteiger partial charge in [0.2, 0.25) is 0 Å². The Kier molecular flexibility index (Phi) is 64.7. The van der Waals surface area contributed by atoms with Gasteiger partial charge in [0.1, 0.15) is 13.2 Å². The second-order valence-corrected chi connectivity index (χ2v) is 22.7. The zero-order valence-corrected chi connectivity index (χ0v) is 52.8. The maximum Gasteiger partial charge on any atom is 0.306 e. The number of hydrogen-bond donors (Lipinski definition) is 0. The van der Waals surface area contributed by atoms with E-state index in [0.717, 1.165) is 116 Å². The highest BCUT2D eigenvalue weighted by atomic mass is 16.6.